The van der Waals surface area contributed by atoms with Crippen LogP contribution < -0.4 is 15.4 Å². The number of hydrogen-bond acceptors (Lipinski definition) is 5. The molecule has 0 fully saturated rings. The van der Waals surface area contributed by atoms with Gasteiger partial charge >= 0.3 is 0 Å². The van der Waals surface area contributed by atoms with Crippen molar-refractivity contribution >= 4 is 40.3 Å². The van der Waals surface area contributed by atoms with Crippen molar-refractivity contribution in [3.63, 3.8) is 0 Å². The van der Waals surface area contributed by atoms with Gasteiger partial charge in [-0.05, 0) is 44.2 Å². The molecule has 0 bridgehead atoms. The number of fused-ring (bicyclic) bond motifs is 1. The first-order chi connectivity index (χ1) is 10.9. The first kappa shape index (κ1) is 15.2. The van der Waals surface area contributed by atoms with Gasteiger partial charge in [-0.25, -0.2) is 0 Å². The molecule has 2 N–H and O–H groups in total. The van der Waals surface area contributed by atoms with Crippen molar-refractivity contribution in [2.45, 2.75) is 20.0 Å². The van der Waals surface area contributed by atoms with Crippen LogP contribution in [-0.2, 0) is 4.79 Å². The van der Waals surface area contributed by atoms with Crippen molar-refractivity contribution in [2.24, 2.45) is 0 Å². The highest BCUT2D eigenvalue weighted by molar-refractivity contribution is 7.16. The summed E-state index contributed by atoms with van der Waals surface area (Å²) in [5.41, 5.74) is 1.05. The molecule has 0 spiro atoms. The molecule has 0 radical (unpaired) electrons. The Morgan fingerprint density at radius 1 is 1.22 bits per heavy atom. The fraction of sp³-hybridized carbons (Fsp3) is 0.188. The molecule has 0 aliphatic carbocycles. The summed E-state index contributed by atoms with van der Waals surface area (Å²) in [4.78, 5) is 36.1. The van der Waals surface area contributed by atoms with Gasteiger partial charge in [0.25, 0.3) is 11.8 Å². The van der Waals surface area contributed by atoms with Crippen molar-refractivity contribution in [1.29, 1.82) is 0 Å². The number of benzene rings is 1. The Morgan fingerprint density at radius 2 is 1.96 bits per heavy atom. The van der Waals surface area contributed by atoms with E-state index in [2.05, 4.69) is 10.6 Å². The third kappa shape index (κ3) is 3.09. The number of amides is 2. The first-order valence-electron chi connectivity index (χ1n) is 6.98. The van der Waals surface area contributed by atoms with Gasteiger partial charge < -0.3 is 15.4 Å². The second kappa shape index (κ2) is 5.85. The van der Waals surface area contributed by atoms with E-state index >= 15 is 0 Å². The van der Waals surface area contributed by atoms with Crippen LogP contribution in [0.15, 0.2) is 30.3 Å². The van der Waals surface area contributed by atoms with Gasteiger partial charge in [-0.15, -0.1) is 11.3 Å². The zero-order valence-corrected chi connectivity index (χ0v) is 13.3. The molecule has 3 rings (SSSR count). The minimum atomic E-state index is -0.543. The summed E-state index contributed by atoms with van der Waals surface area (Å²) in [5, 5.41) is 5.46. The van der Waals surface area contributed by atoms with Crippen LogP contribution in [0.4, 0.5) is 11.4 Å². The summed E-state index contributed by atoms with van der Waals surface area (Å²) < 4.78 is 5.46. The Bertz CT molecular complexity index is 812. The largest absolute Gasteiger partial charge is 0.479 e. The molecule has 2 amide bonds. The number of nitrogens with one attached hydrogen (secondary N) is 2. The normalized spacial score (nSPS) is 16.1. The smallest absolute Gasteiger partial charge is 0.265 e. The lowest BCUT2D eigenvalue weighted by Gasteiger charge is -2.23. The summed E-state index contributed by atoms with van der Waals surface area (Å²) in [6, 6.07) is 8.26. The minimum Gasteiger partial charge on any atom is -0.479 e. The molecule has 23 heavy (non-hydrogen) atoms. The highest BCUT2D eigenvalue weighted by Gasteiger charge is 2.23. The van der Waals surface area contributed by atoms with E-state index in [9.17, 15) is 14.4 Å². The second-order valence-corrected chi connectivity index (χ2v) is 6.22. The molecule has 2 aromatic rings. The van der Waals surface area contributed by atoms with Crippen LogP contribution in [0, 0.1) is 0 Å². The van der Waals surface area contributed by atoms with Gasteiger partial charge in [0, 0.05) is 5.69 Å². The third-order valence-corrected chi connectivity index (χ3v) is 4.53. The topological polar surface area (TPSA) is 84.5 Å². The van der Waals surface area contributed by atoms with Gasteiger partial charge in [-0.3, -0.25) is 14.4 Å². The first-order valence-corrected chi connectivity index (χ1v) is 7.79. The van der Waals surface area contributed by atoms with E-state index in [-0.39, 0.29) is 17.6 Å². The average molecular weight is 330 g/mol. The molecule has 1 aliphatic rings. The summed E-state index contributed by atoms with van der Waals surface area (Å²) in [7, 11) is 0. The van der Waals surface area contributed by atoms with Gasteiger partial charge in [-0.2, -0.15) is 0 Å². The maximum Gasteiger partial charge on any atom is 0.265 e. The minimum absolute atomic E-state index is 0.0724. The van der Waals surface area contributed by atoms with E-state index in [4.69, 9.17) is 4.74 Å². The lowest BCUT2D eigenvalue weighted by Crippen LogP contribution is -2.34. The fourth-order valence-corrected chi connectivity index (χ4v) is 2.92. The van der Waals surface area contributed by atoms with E-state index < -0.39 is 6.10 Å². The SMILES string of the molecule is CC(=O)c1ccc(C(=O)Nc2ccc3c(c2)NC(=O)C(C)O3)s1. The van der Waals surface area contributed by atoms with Crippen molar-refractivity contribution in [1.82, 2.24) is 0 Å². The second-order valence-electron chi connectivity index (χ2n) is 5.13. The average Bonchev–Trinajstić information content (AvgIpc) is 2.99. The van der Waals surface area contributed by atoms with Crippen LogP contribution in [0.5, 0.6) is 5.75 Å². The van der Waals surface area contributed by atoms with Crippen molar-refractivity contribution in [3.8, 4) is 5.75 Å². The maximum absolute atomic E-state index is 12.2. The summed E-state index contributed by atoms with van der Waals surface area (Å²) in [5.74, 6) is -0.0499. The Morgan fingerprint density at radius 3 is 2.65 bits per heavy atom. The van der Waals surface area contributed by atoms with Crippen molar-refractivity contribution in [2.75, 3.05) is 10.6 Å². The monoisotopic (exact) mass is 330 g/mol. The number of hydrogen-bond donors (Lipinski definition) is 2. The van der Waals surface area contributed by atoms with Gasteiger partial charge in [0.2, 0.25) is 0 Å². The Kier molecular flexibility index (Phi) is 3.87. The van der Waals surface area contributed by atoms with Gasteiger partial charge in [-0.1, -0.05) is 0 Å². The van der Waals surface area contributed by atoms with Crippen LogP contribution in [-0.4, -0.2) is 23.7 Å². The molecule has 1 aromatic carbocycles. The van der Waals surface area contributed by atoms with Crippen LogP contribution in [0.1, 0.15) is 33.2 Å². The molecule has 1 unspecified atom stereocenters. The van der Waals surface area contributed by atoms with E-state index in [1.165, 1.54) is 6.92 Å². The quantitative estimate of drug-likeness (QED) is 0.848. The predicted octanol–water partition coefficient (Wildman–Crippen LogP) is 2.92. The standard InChI is InChI=1S/C16H14N2O4S/c1-8(19)13-5-6-14(23-13)16(21)17-10-3-4-12-11(7-10)18-15(20)9(2)22-12/h3-7,9H,1-2H3,(H,17,21)(H,18,20). The molecule has 1 aromatic heterocycles. The Labute approximate surface area is 136 Å². The number of carbonyl (C=O) groups excluding carboxylic acids is 3. The summed E-state index contributed by atoms with van der Waals surface area (Å²) >= 11 is 1.14. The molecule has 118 valence electrons. The lowest BCUT2D eigenvalue weighted by molar-refractivity contribution is -0.122. The van der Waals surface area contributed by atoms with E-state index in [0.717, 1.165) is 11.3 Å². The highest BCUT2D eigenvalue weighted by atomic mass is 32.1. The van der Waals surface area contributed by atoms with Crippen LogP contribution in [0.25, 0.3) is 0 Å². The van der Waals surface area contributed by atoms with Gasteiger partial charge in [0.05, 0.1) is 15.4 Å². The van der Waals surface area contributed by atoms with E-state index in [0.29, 0.717) is 26.9 Å². The van der Waals surface area contributed by atoms with E-state index in [1.54, 1.807) is 37.3 Å². The number of thiophene rings is 1. The molecule has 6 nitrogen and oxygen atoms in total. The van der Waals surface area contributed by atoms with Crippen LogP contribution >= 0.6 is 11.3 Å². The Balaban J connectivity index is 1.78. The molecular weight excluding hydrogens is 316 g/mol. The molecule has 0 saturated carbocycles. The summed E-state index contributed by atoms with van der Waals surface area (Å²) in [6.07, 6.45) is -0.543. The van der Waals surface area contributed by atoms with Crippen LogP contribution in [0.3, 0.4) is 0 Å². The molecule has 1 atom stereocenters. The molecule has 2 heterocycles. The van der Waals surface area contributed by atoms with Gasteiger partial charge in [0.15, 0.2) is 11.9 Å². The zero-order chi connectivity index (χ0) is 16.6. The third-order valence-electron chi connectivity index (χ3n) is 3.35. The van der Waals surface area contributed by atoms with Crippen molar-refractivity contribution < 1.29 is 19.1 Å². The maximum atomic E-state index is 12.2. The number of Topliss-reactive ketones (excluding diaryl/α,β-unsaturated/α-hetero) is 1. The lowest BCUT2D eigenvalue weighted by atomic mass is 10.2. The fourth-order valence-electron chi connectivity index (χ4n) is 2.13. The summed E-state index contributed by atoms with van der Waals surface area (Å²) in [6.45, 7) is 3.12. The zero-order valence-electron chi connectivity index (χ0n) is 12.5. The highest BCUT2D eigenvalue weighted by Crippen LogP contribution is 2.32. The van der Waals surface area contributed by atoms with Gasteiger partial charge in [0.1, 0.15) is 5.75 Å². The van der Waals surface area contributed by atoms with E-state index in [1.807, 2.05) is 0 Å². The number of ketones is 1. The molecule has 0 saturated heterocycles. The Hall–Kier alpha value is -2.67. The number of rotatable bonds is 3. The predicted molar refractivity (Wildman–Crippen MR) is 87.4 cm³/mol. The number of anilines is 2. The molecule has 7 heteroatoms. The van der Waals surface area contributed by atoms with Crippen LogP contribution in [0.2, 0.25) is 0 Å². The number of ether oxygens (including phenoxy) is 1. The van der Waals surface area contributed by atoms with Crippen molar-refractivity contribution in [3.05, 3.63) is 40.1 Å². The molecule has 1 aliphatic heterocycles. The number of carbonyl (C=O) groups is 3. The molecular formula is C16H14N2O4S.